The van der Waals surface area contributed by atoms with Crippen molar-refractivity contribution in [3.05, 3.63) is 29.3 Å². The number of nitrogen functional groups attached to an aromatic ring is 1. The van der Waals surface area contributed by atoms with Crippen LogP contribution in [0, 0.1) is 0 Å². The molecule has 0 aliphatic heterocycles. The first kappa shape index (κ1) is 12.7. The van der Waals surface area contributed by atoms with Gasteiger partial charge >= 0.3 is 5.97 Å². The summed E-state index contributed by atoms with van der Waals surface area (Å²) in [6, 6.07) is 6.99. The first-order chi connectivity index (χ1) is 8.58. The summed E-state index contributed by atoms with van der Waals surface area (Å²) in [5.74, 6) is -0.858. The number of carboxylic acid groups (broad SMARTS) is 1. The van der Waals surface area contributed by atoms with Crippen molar-refractivity contribution in [2.45, 2.75) is 5.16 Å². The lowest BCUT2D eigenvalue weighted by Crippen LogP contribution is -2.04. The van der Waals surface area contributed by atoms with Gasteiger partial charge in [0.15, 0.2) is 5.16 Å². The molecule has 1 heterocycles. The third-order valence-corrected chi connectivity index (χ3v) is 3.20. The predicted octanol–water partition coefficient (Wildman–Crippen LogP) is 1.68. The Labute approximate surface area is 112 Å². The Hall–Kier alpha value is -1.73. The van der Waals surface area contributed by atoms with Crippen molar-refractivity contribution in [2.75, 3.05) is 11.5 Å². The average Bonchev–Trinajstić information content (AvgIpc) is 2.68. The molecule has 8 heteroatoms. The first-order valence-electron chi connectivity index (χ1n) is 4.89. The fraction of sp³-hybridized carbons (Fsp3) is 0.100. The summed E-state index contributed by atoms with van der Waals surface area (Å²) in [6.07, 6.45) is 0. The van der Waals surface area contributed by atoms with Crippen molar-refractivity contribution in [1.82, 2.24) is 14.8 Å². The molecule has 0 spiro atoms. The largest absolute Gasteiger partial charge is 0.481 e. The second-order valence-electron chi connectivity index (χ2n) is 3.34. The average molecular weight is 285 g/mol. The monoisotopic (exact) mass is 284 g/mol. The van der Waals surface area contributed by atoms with Gasteiger partial charge in [-0.15, -0.1) is 10.2 Å². The number of nitrogens with zero attached hydrogens (tertiary/aromatic N) is 3. The second-order valence-corrected chi connectivity index (χ2v) is 4.72. The molecule has 0 bridgehead atoms. The quantitative estimate of drug-likeness (QED) is 0.830. The number of aliphatic carboxylic acids is 1. The minimum atomic E-state index is -0.931. The van der Waals surface area contributed by atoms with Gasteiger partial charge in [-0.3, -0.25) is 9.36 Å². The number of halogens is 1. The van der Waals surface area contributed by atoms with Crippen LogP contribution in [0.15, 0.2) is 29.4 Å². The smallest absolute Gasteiger partial charge is 0.313 e. The van der Waals surface area contributed by atoms with Crippen molar-refractivity contribution in [3.8, 4) is 5.69 Å². The molecule has 0 atom stereocenters. The lowest BCUT2D eigenvalue weighted by molar-refractivity contribution is -0.133. The van der Waals surface area contributed by atoms with Crippen molar-refractivity contribution in [1.29, 1.82) is 0 Å². The van der Waals surface area contributed by atoms with E-state index in [0.29, 0.717) is 15.9 Å². The topological polar surface area (TPSA) is 94.0 Å². The molecular formula is C10H9ClN4O2S. The SMILES string of the molecule is Nc1nnc(SCC(=O)O)n1-c1cccc(Cl)c1. The fourth-order valence-electron chi connectivity index (χ4n) is 1.36. The summed E-state index contributed by atoms with van der Waals surface area (Å²) in [4.78, 5) is 10.6. The van der Waals surface area contributed by atoms with Crippen LogP contribution in [-0.2, 0) is 4.79 Å². The summed E-state index contributed by atoms with van der Waals surface area (Å²) in [5.41, 5.74) is 6.41. The Morgan fingerprint density at radius 1 is 1.50 bits per heavy atom. The van der Waals surface area contributed by atoms with Crippen LogP contribution in [0.5, 0.6) is 0 Å². The van der Waals surface area contributed by atoms with E-state index in [9.17, 15) is 4.79 Å². The maximum absolute atomic E-state index is 10.6. The molecule has 0 saturated heterocycles. The molecule has 2 aromatic rings. The molecule has 3 N–H and O–H groups in total. The highest BCUT2D eigenvalue weighted by molar-refractivity contribution is 7.99. The lowest BCUT2D eigenvalue weighted by atomic mass is 10.3. The third-order valence-electron chi connectivity index (χ3n) is 2.05. The molecular weight excluding hydrogens is 276 g/mol. The van der Waals surface area contributed by atoms with Gasteiger partial charge in [-0.2, -0.15) is 0 Å². The number of thioether (sulfide) groups is 1. The zero-order chi connectivity index (χ0) is 13.1. The standard InChI is InChI=1S/C10H9ClN4O2S/c11-6-2-1-3-7(4-6)15-9(12)13-14-10(15)18-5-8(16)17/h1-4H,5H2,(H2,12,13)(H,16,17). The van der Waals surface area contributed by atoms with Crippen molar-refractivity contribution < 1.29 is 9.90 Å². The Balaban J connectivity index is 2.37. The number of carboxylic acids is 1. The number of benzene rings is 1. The number of hydrogen-bond donors (Lipinski definition) is 2. The second kappa shape index (κ2) is 5.28. The van der Waals surface area contributed by atoms with E-state index < -0.39 is 5.97 Å². The maximum Gasteiger partial charge on any atom is 0.313 e. The molecule has 0 aliphatic rings. The fourth-order valence-corrected chi connectivity index (χ4v) is 2.22. The van der Waals surface area contributed by atoms with Gasteiger partial charge < -0.3 is 10.8 Å². The van der Waals surface area contributed by atoms with Crippen LogP contribution in [0.25, 0.3) is 5.69 Å². The Morgan fingerprint density at radius 2 is 2.28 bits per heavy atom. The molecule has 0 radical (unpaired) electrons. The molecule has 1 aromatic heterocycles. The molecule has 6 nitrogen and oxygen atoms in total. The van der Waals surface area contributed by atoms with Gasteiger partial charge in [-0.1, -0.05) is 29.4 Å². The number of anilines is 1. The molecule has 0 unspecified atom stereocenters. The van der Waals surface area contributed by atoms with Crippen LogP contribution in [0.4, 0.5) is 5.95 Å². The number of aromatic nitrogens is 3. The predicted molar refractivity (Wildman–Crippen MR) is 69.1 cm³/mol. The van der Waals surface area contributed by atoms with Crippen LogP contribution >= 0.6 is 23.4 Å². The molecule has 2 rings (SSSR count). The van der Waals surface area contributed by atoms with Gasteiger partial charge in [0.05, 0.1) is 11.4 Å². The Morgan fingerprint density at radius 3 is 2.94 bits per heavy atom. The van der Waals surface area contributed by atoms with Crippen LogP contribution < -0.4 is 5.73 Å². The Kier molecular flexibility index (Phi) is 3.73. The minimum Gasteiger partial charge on any atom is -0.481 e. The normalized spacial score (nSPS) is 10.5. The van der Waals surface area contributed by atoms with Crippen molar-refractivity contribution in [2.24, 2.45) is 0 Å². The number of hydrogen-bond acceptors (Lipinski definition) is 5. The van der Waals surface area contributed by atoms with E-state index in [0.717, 1.165) is 11.8 Å². The van der Waals surface area contributed by atoms with E-state index in [-0.39, 0.29) is 11.7 Å². The molecule has 1 aromatic carbocycles. The van der Waals surface area contributed by atoms with E-state index in [4.69, 9.17) is 22.4 Å². The van der Waals surface area contributed by atoms with E-state index in [1.54, 1.807) is 28.8 Å². The van der Waals surface area contributed by atoms with E-state index in [2.05, 4.69) is 10.2 Å². The molecule has 0 fully saturated rings. The highest BCUT2D eigenvalue weighted by Crippen LogP contribution is 2.24. The summed E-state index contributed by atoms with van der Waals surface area (Å²) in [7, 11) is 0. The minimum absolute atomic E-state index is 0.112. The van der Waals surface area contributed by atoms with E-state index >= 15 is 0 Å². The highest BCUT2D eigenvalue weighted by Gasteiger charge is 2.13. The van der Waals surface area contributed by atoms with Crippen LogP contribution in [0.2, 0.25) is 5.02 Å². The molecule has 0 amide bonds. The van der Waals surface area contributed by atoms with Gasteiger partial charge in [-0.05, 0) is 18.2 Å². The van der Waals surface area contributed by atoms with Gasteiger partial charge in [0.1, 0.15) is 0 Å². The number of carbonyl (C=O) groups is 1. The third kappa shape index (κ3) is 2.74. The van der Waals surface area contributed by atoms with E-state index in [1.165, 1.54) is 0 Å². The van der Waals surface area contributed by atoms with Crippen LogP contribution in [-0.4, -0.2) is 31.6 Å². The van der Waals surface area contributed by atoms with E-state index in [1.807, 2.05) is 0 Å². The van der Waals surface area contributed by atoms with Gasteiger partial charge in [0.2, 0.25) is 5.95 Å². The molecule has 0 saturated carbocycles. The number of nitrogens with two attached hydrogens (primary N) is 1. The van der Waals surface area contributed by atoms with Crippen LogP contribution in [0.1, 0.15) is 0 Å². The summed E-state index contributed by atoms with van der Waals surface area (Å²) in [6.45, 7) is 0. The first-order valence-corrected chi connectivity index (χ1v) is 6.25. The molecule has 94 valence electrons. The van der Waals surface area contributed by atoms with Crippen LogP contribution in [0.3, 0.4) is 0 Å². The Bertz CT molecular complexity index is 587. The van der Waals surface area contributed by atoms with Gasteiger partial charge in [0, 0.05) is 5.02 Å². The van der Waals surface area contributed by atoms with Crippen molar-refractivity contribution >= 4 is 35.3 Å². The molecule has 0 aliphatic carbocycles. The van der Waals surface area contributed by atoms with Crippen molar-refractivity contribution in [3.63, 3.8) is 0 Å². The maximum atomic E-state index is 10.6. The molecule has 18 heavy (non-hydrogen) atoms. The number of rotatable bonds is 4. The summed E-state index contributed by atoms with van der Waals surface area (Å²) in [5, 5.41) is 17.2. The van der Waals surface area contributed by atoms with Gasteiger partial charge in [0.25, 0.3) is 0 Å². The van der Waals surface area contributed by atoms with Gasteiger partial charge in [-0.25, -0.2) is 0 Å². The highest BCUT2D eigenvalue weighted by atomic mass is 35.5. The zero-order valence-electron chi connectivity index (χ0n) is 9.08. The summed E-state index contributed by atoms with van der Waals surface area (Å²) < 4.78 is 1.56. The summed E-state index contributed by atoms with van der Waals surface area (Å²) >= 11 is 6.94. The lowest BCUT2D eigenvalue weighted by Gasteiger charge is -2.07. The zero-order valence-corrected chi connectivity index (χ0v) is 10.6.